The van der Waals surface area contributed by atoms with Gasteiger partial charge in [0.2, 0.25) is 5.91 Å². The summed E-state index contributed by atoms with van der Waals surface area (Å²) < 4.78 is 0. The molecule has 1 amide bonds. The van der Waals surface area contributed by atoms with Crippen molar-refractivity contribution in [3.05, 3.63) is 12.2 Å². The molecule has 0 spiro atoms. The van der Waals surface area contributed by atoms with Crippen LogP contribution in [0.25, 0.3) is 0 Å². The summed E-state index contributed by atoms with van der Waals surface area (Å²) in [5.41, 5.74) is 0. The molecule has 0 bridgehead atoms. The van der Waals surface area contributed by atoms with E-state index in [1.807, 2.05) is 19.1 Å². The Morgan fingerprint density at radius 2 is 2.07 bits per heavy atom. The number of amides is 1. The maximum atomic E-state index is 11.0. The summed E-state index contributed by atoms with van der Waals surface area (Å²) >= 11 is 0. The zero-order valence-electron chi connectivity index (χ0n) is 8.62. The molecule has 2 N–H and O–H groups in total. The van der Waals surface area contributed by atoms with Crippen molar-refractivity contribution in [3.8, 4) is 0 Å². The molecule has 0 aliphatic heterocycles. The van der Waals surface area contributed by atoms with Crippen molar-refractivity contribution in [1.29, 1.82) is 0 Å². The van der Waals surface area contributed by atoms with E-state index in [-0.39, 0.29) is 12.3 Å². The molecule has 0 aromatic carbocycles. The Bertz CT molecular complexity index is 223. The molecule has 4 heteroatoms. The number of aliphatic carboxylic acids is 1. The van der Waals surface area contributed by atoms with Crippen molar-refractivity contribution >= 4 is 11.9 Å². The van der Waals surface area contributed by atoms with Gasteiger partial charge in [-0.3, -0.25) is 9.59 Å². The van der Waals surface area contributed by atoms with Crippen LogP contribution in [-0.4, -0.2) is 24.0 Å². The van der Waals surface area contributed by atoms with E-state index in [1.165, 1.54) is 7.05 Å². The first-order valence-corrected chi connectivity index (χ1v) is 4.70. The first kappa shape index (κ1) is 12.7. The number of carboxylic acids is 1. The molecule has 0 aliphatic rings. The highest BCUT2D eigenvalue weighted by atomic mass is 16.4. The Balaban J connectivity index is 4.09. The Labute approximate surface area is 84.0 Å². The van der Waals surface area contributed by atoms with Crippen LogP contribution >= 0.6 is 0 Å². The van der Waals surface area contributed by atoms with Gasteiger partial charge in [-0.1, -0.05) is 19.1 Å². The molecule has 4 nitrogen and oxygen atoms in total. The zero-order chi connectivity index (χ0) is 11.0. The number of rotatable bonds is 6. The summed E-state index contributed by atoms with van der Waals surface area (Å²) in [4.78, 5) is 21.7. The Hall–Kier alpha value is -1.32. The third-order valence-corrected chi connectivity index (χ3v) is 1.88. The molecule has 0 rings (SSSR count). The van der Waals surface area contributed by atoms with E-state index in [0.717, 1.165) is 6.42 Å². The quantitative estimate of drug-likeness (QED) is 0.631. The van der Waals surface area contributed by atoms with E-state index < -0.39 is 11.9 Å². The highest BCUT2D eigenvalue weighted by Crippen LogP contribution is 2.09. The van der Waals surface area contributed by atoms with Crippen LogP contribution in [0.2, 0.25) is 0 Å². The molecule has 0 radical (unpaired) electrons. The van der Waals surface area contributed by atoms with Crippen molar-refractivity contribution < 1.29 is 14.7 Å². The molecule has 14 heavy (non-hydrogen) atoms. The minimum Gasteiger partial charge on any atom is -0.481 e. The van der Waals surface area contributed by atoms with Crippen molar-refractivity contribution in [1.82, 2.24) is 5.32 Å². The van der Waals surface area contributed by atoms with E-state index >= 15 is 0 Å². The highest BCUT2D eigenvalue weighted by molar-refractivity contribution is 5.82. The van der Waals surface area contributed by atoms with Gasteiger partial charge in [-0.2, -0.15) is 0 Å². The Morgan fingerprint density at radius 1 is 1.43 bits per heavy atom. The SMILES string of the molecule is CCC=CCC(CC(=O)NC)C(=O)O. The van der Waals surface area contributed by atoms with Crippen molar-refractivity contribution in [2.45, 2.75) is 26.2 Å². The lowest BCUT2D eigenvalue weighted by Gasteiger charge is -2.08. The molecule has 0 saturated heterocycles. The second-order valence-corrected chi connectivity index (χ2v) is 3.03. The normalized spacial score (nSPS) is 12.7. The lowest BCUT2D eigenvalue weighted by molar-refractivity contribution is -0.143. The molecule has 1 unspecified atom stereocenters. The maximum absolute atomic E-state index is 11.0. The van der Waals surface area contributed by atoms with Crippen molar-refractivity contribution in [3.63, 3.8) is 0 Å². The number of carbonyl (C=O) groups is 2. The third kappa shape index (κ3) is 5.35. The fraction of sp³-hybridized carbons (Fsp3) is 0.600. The van der Waals surface area contributed by atoms with Gasteiger partial charge in [0.1, 0.15) is 0 Å². The summed E-state index contributed by atoms with van der Waals surface area (Å²) in [6.45, 7) is 1.98. The topological polar surface area (TPSA) is 66.4 Å². The van der Waals surface area contributed by atoms with Crippen LogP contribution < -0.4 is 5.32 Å². The monoisotopic (exact) mass is 199 g/mol. The molecule has 0 aliphatic carbocycles. The first-order valence-electron chi connectivity index (χ1n) is 4.70. The smallest absolute Gasteiger partial charge is 0.307 e. The Kier molecular flexibility index (Phi) is 6.45. The predicted molar refractivity (Wildman–Crippen MR) is 53.9 cm³/mol. The number of carboxylic acid groups (broad SMARTS) is 1. The number of carbonyl (C=O) groups excluding carboxylic acids is 1. The van der Waals surface area contributed by atoms with E-state index in [4.69, 9.17) is 5.11 Å². The van der Waals surface area contributed by atoms with Crippen molar-refractivity contribution in [2.75, 3.05) is 7.05 Å². The number of hydrogen-bond donors (Lipinski definition) is 2. The summed E-state index contributed by atoms with van der Waals surface area (Å²) in [5, 5.41) is 11.2. The van der Waals surface area contributed by atoms with Gasteiger partial charge in [-0.05, 0) is 12.8 Å². The molecular weight excluding hydrogens is 182 g/mol. The van der Waals surface area contributed by atoms with Crippen LogP contribution in [0.5, 0.6) is 0 Å². The van der Waals surface area contributed by atoms with Gasteiger partial charge in [0.05, 0.1) is 5.92 Å². The largest absolute Gasteiger partial charge is 0.481 e. The van der Waals surface area contributed by atoms with E-state index in [9.17, 15) is 9.59 Å². The fourth-order valence-electron chi connectivity index (χ4n) is 1.02. The first-order chi connectivity index (χ1) is 6.61. The molecular formula is C10H17NO3. The van der Waals surface area contributed by atoms with Crippen LogP contribution in [0.1, 0.15) is 26.2 Å². The second-order valence-electron chi connectivity index (χ2n) is 3.03. The average Bonchev–Trinajstić information content (AvgIpc) is 2.16. The average molecular weight is 199 g/mol. The lowest BCUT2D eigenvalue weighted by Crippen LogP contribution is -2.25. The maximum Gasteiger partial charge on any atom is 0.307 e. The van der Waals surface area contributed by atoms with Gasteiger partial charge in [-0.25, -0.2) is 0 Å². The molecule has 0 aromatic rings. The predicted octanol–water partition coefficient (Wildman–Crippen LogP) is 1.18. The van der Waals surface area contributed by atoms with Gasteiger partial charge >= 0.3 is 5.97 Å². The fourth-order valence-corrected chi connectivity index (χ4v) is 1.02. The van der Waals surface area contributed by atoms with Gasteiger partial charge in [0, 0.05) is 13.5 Å². The van der Waals surface area contributed by atoms with Gasteiger partial charge in [0.15, 0.2) is 0 Å². The third-order valence-electron chi connectivity index (χ3n) is 1.88. The summed E-state index contributed by atoms with van der Waals surface area (Å²) in [5.74, 6) is -1.77. The zero-order valence-corrected chi connectivity index (χ0v) is 8.62. The van der Waals surface area contributed by atoms with E-state index in [2.05, 4.69) is 5.32 Å². The molecule has 1 atom stereocenters. The van der Waals surface area contributed by atoms with E-state index in [1.54, 1.807) is 0 Å². The summed E-state index contributed by atoms with van der Waals surface area (Å²) in [6.07, 6.45) is 5.05. The molecule has 0 fully saturated rings. The molecule has 80 valence electrons. The molecule has 0 heterocycles. The van der Waals surface area contributed by atoms with Gasteiger partial charge in [0.25, 0.3) is 0 Å². The van der Waals surface area contributed by atoms with Crippen LogP contribution in [-0.2, 0) is 9.59 Å². The number of nitrogens with one attached hydrogen (secondary N) is 1. The summed E-state index contributed by atoms with van der Waals surface area (Å²) in [6, 6.07) is 0. The second kappa shape index (κ2) is 7.12. The standard InChI is InChI=1S/C10H17NO3/c1-3-4-5-6-8(10(13)14)7-9(12)11-2/h4-5,8H,3,6-7H2,1-2H3,(H,11,12)(H,13,14). The van der Waals surface area contributed by atoms with Crippen LogP contribution in [0.15, 0.2) is 12.2 Å². The number of allylic oxidation sites excluding steroid dienone is 2. The number of hydrogen-bond acceptors (Lipinski definition) is 2. The van der Waals surface area contributed by atoms with Crippen molar-refractivity contribution in [2.24, 2.45) is 5.92 Å². The molecule has 0 aromatic heterocycles. The van der Waals surface area contributed by atoms with E-state index in [0.29, 0.717) is 6.42 Å². The highest BCUT2D eigenvalue weighted by Gasteiger charge is 2.18. The minimum absolute atomic E-state index is 0.0416. The lowest BCUT2D eigenvalue weighted by atomic mass is 10.0. The van der Waals surface area contributed by atoms with Gasteiger partial charge < -0.3 is 10.4 Å². The minimum atomic E-state index is -0.922. The molecule has 0 saturated carbocycles. The van der Waals surface area contributed by atoms with Gasteiger partial charge in [-0.15, -0.1) is 0 Å². The van der Waals surface area contributed by atoms with Crippen LogP contribution in [0, 0.1) is 5.92 Å². The van der Waals surface area contributed by atoms with Crippen LogP contribution in [0.3, 0.4) is 0 Å². The summed E-state index contributed by atoms with van der Waals surface area (Å²) in [7, 11) is 1.50. The van der Waals surface area contributed by atoms with Crippen LogP contribution in [0.4, 0.5) is 0 Å². The Morgan fingerprint density at radius 3 is 2.50 bits per heavy atom.